The van der Waals surface area contributed by atoms with Crippen molar-refractivity contribution in [3.8, 4) is 5.75 Å². The smallest absolute Gasteiger partial charge is 0.263 e. The lowest BCUT2D eigenvalue weighted by Crippen LogP contribution is -2.43. The van der Waals surface area contributed by atoms with Crippen LogP contribution < -0.4 is 15.8 Å². The van der Waals surface area contributed by atoms with Gasteiger partial charge < -0.3 is 20.7 Å². The molecule has 1 aliphatic heterocycles. The summed E-state index contributed by atoms with van der Waals surface area (Å²) < 4.78 is 5.19. The van der Waals surface area contributed by atoms with Crippen molar-refractivity contribution in [2.24, 2.45) is 11.7 Å². The van der Waals surface area contributed by atoms with E-state index in [0.717, 1.165) is 12.8 Å². The first-order chi connectivity index (χ1) is 13.0. The van der Waals surface area contributed by atoms with Gasteiger partial charge in [-0.3, -0.25) is 14.4 Å². The first kappa shape index (κ1) is 18.9. The van der Waals surface area contributed by atoms with Crippen molar-refractivity contribution in [2.75, 3.05) is 25.0 Å². The number of piperidine rings is 1. The van der Waals surface area contributed by atoms with Gasteiger partial charge in [0, 0.05) is 18.8 Å². The van der Waals surface area contributed by atoms with Crippen molar-refractivity contribution in [2.45, 2.75) is 12.8 Å². The van der Waals surface area contributed by atoms with Crippen molar-refractivity contribution in [3.05, 3.63) is 46.7 Å². The van der Waals surface area contributed by atoms with Gasteiger partial charge in [-0.15, -0.1) is 11.3 Å². The Bertz CT molecular complexity index is 805. The molecule has 2 heterocycles. The molecule has 1 aromatic heterocycles. The second kappa shape index (κ2) is 8.68. The molecule has 0 bridgehead atoms. The Morgan fingerprint density at radius 1 is 1.22 bits per heavy atom. The molecule has 1 atom stereocenters. The molecular weight excluding hydrogens is 366 g/mol. The Kier molecular flexibility index (Phi) is 6.08. The number of nitrogens with two attached hydrogens (primary N) is 1. The number of primary amides is 1. The molecule has 8 heteroatoms. The summed E-state index contributed by atoms with van der Waals surface area (Å²) in [5.41, 5.74) is 5.67. The third-order valence-corrected chi connectivity index (χ3v) is 5.17. The number of nitrogens with one attached hydrogen (secondary N) is 1. The van der Waals surface area contributed by atoms with Gasteiger partial charge in [0.15, 0.2) is 6.61 Å². The van der Waals surface area contributed by atoms with Gasteiger partial charge >= 0.3 is 0 Å². The minimum Gasteiger partial charge on any atom is -0.484 e. The third kappa shape index (κ3) is 5.07. The average Bonchev–Trinajstić information content (AvgIpc) is 3.21. The molecular formula is C19H21N3O4S. The van der Waals surface area contributed by atoms with Crippen molar-refractivity contribution >= 4 is 34.7 Å². The fraction of sp³-hybridized carbons (Fsp3) is 0.316. The molecule has 0 saturated carbocycles. The number of amides is 3. The Morgan fingerprint density at radius 3 is 2.67 bits per heavy atom. The quantitative estimate of drug-likeness (QED) is 0.792. The lowest BCUT2D eigenvalue weighted by molar-refractivity contribution is -0.121. The molecule has 0 unspecified atom stereocenters. The molecule has 3 rings (SSSR count). The Balaban J connectivity index is 1.55. The molecule has 3 N–H and O–H groups in total. The van der Waals surface area contributed by atoms with E-state index in [4.69, 9.17) is 10.5 Å². The van der Waals surface area contributed by atoms with Crippen molar-refractivity contribution < 1.29 is 19.1 Å². The number of thiophene rings is 1. The molecule has 142 valence electrons. The molecule has 3 amide bonds. The van der Waals surface area contributed by atoms with Crippen molar-refractivity contribution in [3.63, 3.8) is 0 Å². The molecule has 0 aliphatic carbocycles. The van der Waals surface area contributed by atoms with Crippen LogP contribution in [0.5, 0.6) is 5.75 Å². The first-order valence-electron chi connectivity index (χ1n) is 8.68. The van der Waals surface area contributed by atoms with Crippen LogP contribution in [0.2, 0.25) is 0 Å². The highest BCUT2D eigenvalue weighted by molar-refractivity contribution is 7.12. The van der Waals surface area contributed by atoms with Gasteiger partial charge in [0.1, 0.15) is 5.75 Å². The van der Waals surface area contributed by atoms with Crippen LogP contribution in [-0.4, -0.2) is 42.3 Å². The summed E-state index contributed by atoms with van der Waals surface area (Å²) in [5.74, 6) is -0.417. The highest BCUT2D eigenvalue weighted by atomic mass is 32.1. The molecule has 1 aliphatic rings. The van der Waals surface area contributed by atoms with Gasteiger partial charge in [-0.25, -0.2) is 0 Å². The molecule has 1 saturated heterocycles. The van der Waals surface area contributed by atoms with E-state index in [0.29, 0.717) is 29.4 Å². The summed E-state index contributed by atoms with van der Waals surface area (Å²) in [4.78, 5) is 38.2. The van der Waals surface area contributed by atoms with Gasteiger partial charge in [-0.2, -0.15) is 0 Å². The topological polar surface area (TPSA) is 102 Å². The lowest BCUT2D eigenvalue weighted by Gasteiger charge is -2.31. The van der Waals surface area contributed by atoms with Crippen LogP contribution >= 0.6 is 11.3 Å². The number of carbonyl (C=O) groups excluding carboxylic acids is 3. The zero-order valence-corrected chi connectivity index (χ0v) is 15.5. The zero-order valence-electron chi connectivity index (χ0n) is 14.7. The highest BCUT2D eigenvalue weighted by Gasteiger charge is 2.29. The number of anilines is 1. The van der Waals surface area contributed by atoms with E-state index in [1.54, 1.807) is 35.2 Å². The van der Waals surface area contributed by atoms with Crippen LogP contribution in [-0.2, 0) is 9.59 Å². The van der Waals surface area contributed by atoms with Crippen molar-refractivity contribution in [1.29, 1.82) is 0 Å². The molecule has 0 spiro atoms. The van der Waals surface area contributed by atoms with E-state index < -0.39 is 5.91 Å². The molecule has 27 heavy (non-hydrogen) atoms. The van der Waals surface area contributed by atoms with Crippen LogP contribution in [0.25, 0.3) is 0 Å². The maximum Gasteiger partial charge on any atom is 0.263 e. The van der Waals surface area contributed by atoms with Crippen molar-refractivity contribution in [1.82, 2.24) is 4.90 Å². The Hall–Kier alpha value is -2.87. The summed E-state index contributed by atoms with van der Waals surface area (Å²) in [6.45, 7) is 0.899. The second-order valence-electron chi connectivity index (χ2n) is 6.34. The molecule has 0 radical (unpaired) electrons. The minimum atomic E-state index is -0.550. The number of hydrogen-bond donors (Lipinski definition) is 2. The summed E-state index contributed by atoms with van der Waals surface area (Å²) in [6.07, 6.45) is 1.55. The van der Waals surface area contributed by atoms with Crippen LogP contribution in [0.1, 0.15) is 22.5 Å². The maximum absolute atomic E-state index is 12.6. The lowest BCUT2D eigenvalue weighted by atomic mass is 9.97. The first-order valence-corrected chi connectivity index (χ1v) is 9.55. The predicted octanol–water partition coefficient (Wildman–Crippen LogP) is 2.10. The van der Waals surface area contributed by atoms with E-state index in [1.807, 2.05) is 11.4 Å². The van der Waals surface area contributed by atoms with Gasteiger partial charge in [-0.1, -0.05) is 6.07 Å². The van der Waals surface area contributed by atoms with Crippen LogP contribution in [0, 0.1) is 5.92 Å². The summed E-state index contributed by atoms with van der Waals surface area (Å²) in [5, 5.41) is 4.75. The van der Waals surface area contributed by atoms with Gasteiger partial charge in [0.2, 0.25) is 5.91 Å². The number of benzene rings is 1. The van der Waals surface area contributed by atoms with E-state index in [1.165, 1.54) is 11.3 Å². The number of likely N-dealkylation sites (tertiary alicyclic amines) is 1. The number of ether oxygens (including phenoxy) is 1. The minimum absolute atomic E-state index is 0.0153. The maximum atomic E-state index is 12.6. The van der Waals surface area contributed by atoms with Gasteiger partial charge in [0.25, 0.3) is 11.8 Å². The normalized spacial score (nSPS) is 16.6. The SMILES string of the molecule is NC(=O)COc1ccc(NC(=O)[C@@H]2CCCN(C(=O)c3cccs3)C2)cc1. The van der Waals surface area contributed by atoms with Crippen LogP contribution in [0.3, 0.4) is 0 Å². The molecule has 2 aromatic rings. The largest absolute Gasteiger partial charge is 0.484 e. The molecule has 7 nitrogen and oxygen atoms in total. The summed E-state index contributed by atoms with van der Waals surface area (Å²) >= 11 is 1.41. The number of carbonyl (C=O) groups is 3. The standard InChI is InChI=1S/C19H21N3O4S/c20-17(23)12-26-15-7-5-14(6-8-15)21-18(24)13-3-1-9-22(11-13)19(25)16-4-2-10-27-16/h2,4-8,10,13H,1,3,9,11-12H2,(H2,20,23)(H,21,24)/t13-/m1/s1. The number of hydrogen-bond acceptors (Lipinski definition) is 5. The van der Waals surface area contributed by atoms with E-state index in [9.17, 15) is 14.4 Å². The van der Waals surface area contributed by atoms with E-state index >= 15 is 0 Å². The van der Waals surface area contributed by atoms with Crippen LogP contribution in [0.4, 0.5) is 5.69 Å². The Labute approximate surface area is 161 Å². The summed E-state index contributed by atoms with van der Waals surface area (Å²) in [6, 6.07) is 10.4. The van der Waals surface area contributed by atoms with E-state index in [2.05, 4.69) is 5.32 Å². The Morgan fingerprint density at radius 2 is 2.00 bits per heavy atom. The van der Waals surface area contributed by atoms with Gasteiger partial charge in [0.05, 0.1) is 10.8 Å². The fourth-order valence-electron chi connectivity index (χ4n) is 2.96. The molecule has 1 aromatic carbocycles. The predicted molar refractivity (Wildman–Crippen MR) is 103 cm³/mol. The second-order valence-corrected chi connectivity index (χ2v) is 7.28. The zero-order chi connectivity index (χ0) is 19.2. The number of nitrogens with zero attached hydrogens (tertiary/aromatic N) is 1. The monoisotopic (exact) mass is 387 g/mol. The fourth-order valence-corrected chi connectivity index (χ4v) is 3.66. The third-order valence-electron chi connectivity index (χ3n) is 4.31. The van der Waals surface area contributed by atoms with Crippen LogP contribution in [0.15, 0.2) is 41.8 Å². The average molecular weight is 387 g/mol. The number of rotatable bonds is 6. The summed E-state index contributed by atoms with van der Waals surface area (Å²) in [7, 11) is 0. The highest BCUT2D eigenvalue weighted by Crippen LogP contribution is 2.22. The van der Waals surface area contributed by atoms with E-state index in [-0.39, 0.29) is 24.3 Å². The van der Waals surface area contributed by atoms with Gasteiger partial charge in [-0.05, 0) is 48.6 Å². The molecule has 1 fully saturated rings.